The zero-order valence-electron chi connectivity index (χ0n) is 9.03. The van der Waals surface area contributed by atoms with Gasteiger partial charge < -0.3 is 5.32 Å². The number of anilines is 1. The molecule has 1 heterocycles. The highest BCUT2D eigenvalue weighted by Crippen LogP contribution is 2.33. The molecule has 84 valence electrons. The van der Waals surface area contributed by atoms with Crippen LogP contribution >= 0.6 is 27.3 Å². The minimum atomic E-state index is 0.638. The fourth-order valence-corrected chi connectivity index (χ4v) is 3.65. The number of aromatic nitrogens is 1. The molecule has 0 amide bonds. The summed E-state index contributed by atoms with van der Waals surface area (Å²) in [5, 5.41) is 4.57. The molecule has 1 aromatic carbocycles. The fourth-order valence-electron chi connectivity index (χ4n) is 2.16. The molecule has 1 N–H and O–H groups in total. The molecule has 0 saturated heterocycles. The molecular formula is C12H13BrN2S. The lowest BCUT2D eigenvalue weighted by molar-refractivity contribution is 0.309. The maximum atomic E-state index is 4.59. The van der Waals surface area contributed by atoms with Crippen LogP contribution < -0.4 is 5.32 Å². The van der Waals surface area contributed by atoms with Crippen LogP contribution in [0.15, 0.2) is 22.7 Å². The zero-order valence-corrected chi connectivity index (χ0v) is 11.4. The first-order valence-electron chi connectivity index (χ1n) is 5.53. The third-order valence-electron chi connectivity index (χ3n) is 3.05. The molecule has 1 aliphatic rings. The van der Waals surface area contributed by atoms with Crippen molar-refractivity contribution in [3.8, 4) is 0 Å². The number of nitrogens with one attached hydrogen (secondary N) is 1. The first kappa shape index (κ1) is 10.5. The van der Waals surface area contributed by atoms with Gasteiger partial charge >= 0.3 is 0 Å². The first-order valence-corrected chi connectivity index (χ1v) is 7.14. The van der Waals surface area contributed by atoms with Crippen LogP contribution in [0.5, 0.6) is 0 Å². The third kappa shape index (κ3) is 1.96. The Labute approximate surface area is 107 Å². The number of nitrogens with zero attached hydrogens (tertiary/aromatic N) is 1. The second kappa shape index (κ2) is 4.00. The van der Waals surface area contributed by atoms with Gasteiger partial charge in [-0.2, -0.15) is 0 Å². The smallest absolute Gasteiger partial charge is 0.184 e. The van der Waals surface area contributed by atoms with Crippen molar-refractivity contribution >= 4 is 42.6 Å². The number of halogens is 1. The van der Waals surface area contributed by atoms with Crippen LogP contribution in [0.3, 0.4) is 0 Å². The van der Waals surface area contributed by atoms with Crippen LogP contribution in [0.2, 0.25) is 0 Å². The van der Waals surface area contributed by atoms with Crippen molar-refractivity contribution in [3.05, 3.63) is 22.7 Å². The first-order chi connectivity index (χ1) is 7.70. The standard InChI is InChI=1S/C12H13BrN2S/c1-7-4-9(5-7)14-12-15-10-3-2-8(13)6-11(10)16-12/h2-3,6-7,9H,4-5H2,1H3,(H,14,15). The van der Waals surface area contributed by atoms with Crippen molar-refractivity contribution in [1.29, 1.82) is 0 Å². The highest BCUT2D eigenvalue weighted by atomic mass is 79.9. The van der Waals surface area contributed by atoms with E-state index in [1.54, 1.807) is 11.3 Å². The van der Waals surface area contributed by atoms with E-state index >= 15 is 0 Å². The van der Waals surface area contributed by atoms with E-state index in [1.165, 1.54) is 17.5 Å². The van der Waals surface area contributed by atoms with E-state index in [4.69, 9.17) is 0 Å². The Morgan fingerprint density at radius 2 is 2.25 bits per heavy atom. The second-order valence-corrected chi connectivity index (χ2v) is 6.50. The van der Waals surface area contributed by atoms with Crippen molar-refractivity contribution in [2.45, 2.75) is 25.8 Å². The fraction of sp³-hybridized carbons (Fsp3) is 0.417. The van der Waals surface area contributed by atoms with Gasteiger partial charge in [-0.25, -0.2) is 4.98 Å². The molecule has 2 aromatic rings. The predicted molar refractivity (Wildman–Crippen MR) is 73.1 cm³/mol. The molecule has 1 aliphatic carbocycles. The maximum absolute atomic E-state index is 4.59. The van der Waals surface area contributed by atoms with Gasteiger partial charge in [-0.15, -0.1) is 0 Å². The lowest BCUT2D eigenvalue weighted by Gasteiger charge is -2.33. The second-order valence-electron chi connectivity index (χ2n) is 4.55. The number of rotatable bonds is 2. The van der Waals surface area contributed by atoms with E-state index in [0.717, 1.165) is 21.0 Å². The molecule has 1 saturated carbocycles. The Kier molecular flexibility index (Phi) is 2.64. The highest BCUT2D eigenvalue weighted by molar-refractivity contribution is 9.10. The van der Waals surface area contributed by atoms with E-state index < -0.39 is 0 Å². The average Bonchev–Trinajstić information content (AvgIpc) is 2.57. The Balaban J connectivity index is 1.82. The van der Waals surface area contributed by atoms with Crippen LogP contribution in [-0.4, -0.2) is 11.0 Å². The molecular weight excluding hydrogens is 284 g/mol. The van der Waals surface area contributed by atoms with E-state index in [0.29, 0.717) is 6.04 Å². The summed E-state index contributed by atoms with van der Waals surface area (Å²) in [5.41, 5.74) is 1.09. The Bertz CT molecular complexity index is 517. The Morgan fingerprint density at radius 1 is 1.44 bits per heavy atom. The molecule has 0 spiro atoms. The van der Waals surface area contributed by atoms with E-state index in [9.17, 15) is 0 Å². The molecule has 1 aromatic heterocycles. The van der Waals surface area contributed by atoms with Gasteiger partial charge in [-0.3, -0.25) is 0 Å². The molecule has 0 radical (unpaired) electrons. The summed E-state index contributed by atoms with van der Waals surface area (Å²) < 4.78 is 2.36. The number of thiazole rings is 1. The van der Waals surface area contributed by atoms with Crippen molar-refractivity contribution in [1.82, 2.24) is 4.98 Å². The lowest BCUT2D eigenvalue weighted by Crippen LogP contribution is -2.33. The van der Waals surface area contributed by atoms with Crippen molar-refractivity contribution < 1.29 is 0 Å². The van der Waals surface area contributed by atoms with Gasteiger partial charge in [0.1, 0.15) is 0 Å². The summed E-state index contributed by atoms with van der Waals surface area (Å²) >= 11 is 5.22. The van der Waals surface area contributed by atoms with E-state index in [1.807, 2.05) is 6.07 Å². The number of hydrogen-bond acceptors (Lipinski definition) is 3. The number of fused-ring (bicyclic) bond motifs is 1. The molecule has 1 fully saturated rings. The van der Waals surface area contributed by atoms with Crippen molar-refractivity contribution in [2.24, 2.45) is 5.92 Å². The highest BCUT2D eigenvalue weighted by Gasteiger charge is 2.25. The average molecular weight is 297 g/mol. The predicted octanol–water partition coefficient (Wildman–Crippen LogP) is 4.27. The van der Waals surface area contributed by atoms with Gasteiger partial charge in [-0.1, -0.05) is 34.2 Å². The summed E-state index contributed by atoms with van der Waals surface area (Å²) in [7, 11) is 0. The summed E-state index contributed by atoms with van der Waals surface area (Å²) in [5.74, 6) is 0.876. The number of benzene rings is 1. The zero-order chi connectivity index (χ0) is 11.1. The monoisotopic (exact) mass is 296 g/mol. The van der Waals surface area contributed by atoms with Gasteiger partial charge in [0.15, 0.2) is 5.13 Å². The summed E-state index contributed by atoms with van der Waals surface area (Å²) in [6, 6.07) is 6.86. The quantitative estimate of drug-likeness (QED) is 0.895. The summed E-state index contributed by atoms with van der Waals surface area (Å²) in [6.07, 6.45) is 2.55. The molecule has 3 rings (SSSR count). The van der Waals surface area contributed by atoms with Crippen LogP contribution in [0.1, 0.15) is 19.8 Å². The van der Waals surface area contributed by atoms with Gasteiger partial charge in [0, 0.05) is 10.5 Å². The van der Waals surface area contributed by atoms with E-state index in [-0.39, 0.29) is 0 Å². The van der Waals surface area contributed by atoms with Crippen molar-refractivity contribution in [2.75, 3.05) is 5.32 Å². The van der Waals surface area contributed by atoms with Gasteiger partial charge in [-0.05, 0) is 37.0 Å². The molecule has 2 nitrogen and oxygen atoms in total. The Hall–Kier alpha value is -0.610. The maximum Gasteiger partial charge on any atom is 0.184 e. The molecule has 0 atom stereocenters. The lowest BCUT2D eigenvalue weighted by atomic mass is 9.82. The third-order valence-corrected chi connectivity index (χ3v) is 4.49. The molecule has 0 unspecified atom stereocenters. The summed E-state index contributed by atoms with van der Waals surface area (Å²) in [4.78, 5) is 4.59. The van der Waals surface area contributed by atoms with Crippen LogP contribution in [0, 0.1) is 5.92 Å². The van der Waals surface area contributed by atoms with E-state index in [2.05, 4.69) is 45.3 Å². The largest absolute Gasteiger partial charge is 0.359 e. The SMILES string of the molecule is CC1CC(Nc2nc3ccc(Br)cc3s2)C1. The molecule has 16 heavy (non-hydrogen) atoms. The molecule has 0 bridgehead atoms. The van der Waals surface area contributed by atoms with Crippen LogP contribution in [0.4, 0.5) is 5.13 Å². The van der Waals surface area contributed by atoms with Gasteiger partial charge in [0.25, 0.3) is 0 Å². The van der Waals surface area contributed by atoms with Crippen LogP contribution in [-0.2, 0) is 0 Å². The van der Waals surface area contributed by atoms with Crippen LogP contribution in [0.25, 0.3) is 10.2 Å². The van der Waals surface area contributed by atoms with Gasteiger partial charge in [0.05, 0.1) is 10.2 Å². The van der Waals surface area contributed by atoms with Crippen molar-refractivity contribution in [3.63, 3.8) is 0 Å². The summed E-state index contributed by atoms with van der Waals surface area (Å²) in [6.45, 7) is 2.30. The minimum Gasteiger partial charge on any atom is -0.359 e. The number of hydrogen-bond donors (Lipinski definition) is 1. The topological polar surface area (TPSA) is 24.9 Å². The molecule has 0 aliphatic heterocycles. The Morgan fingerprint density at radius 3 is 3.00 bits per heavy atom. The minimum absolute atomic E-state index is 0.638. The molecule has 4 heteroatoms. The normalized spacial score (nSPS) is 24.4. The van der Waals surface area contributed by atoms with Gasteiger partial charge in [0.2, 0.25) is 0 Å².